The molecule has 0 bridgehead atoms. The van der Waals surface area contributed by atoms with E-state index < -0.39 is 11.5 Å². The summed E-state index contributed by atoms with van der Waals surface area (Å²) in [5.41, 5.74) is 0.654. The third-order valence-corrected chi connectivity index (χ3v) is 2.84. The molecule has 3 nitrogen and oxygen atoms in total. The second kappa shape index (κ2) is 3.50. The van der Waals surface area contributed by atoms with Crippen molar-refractivity contribution in [1.82, 2.24) is 0 Å². The molecule has 3 heteroatoms. The smallest absolute Gasteiger partial charge is 0.336 e. The van der Waals surface area contributed by atoms with Crippen molar-refractivity contribution < 1.29 is 9.90 Å². The number of hydrogen-bond acceptors (Lipinski definition) is 2. The molecule has 1 unspecified atom stereocenters. The maximum Gasteiger partial charge on any atom is 0.336 e. The first-order valence-corrected chi connectivity index (χ1v) is 4.99. The molecule has 0 aliphatic carbocycles. The summed E-state index contributed by atoms with van der Waals surface area (Å²) in [5.74, 6) is -0.856. The number of rotatable bonds is 2. The van der Waals surface area contributed by atoms with Crippen LogP contribution < -0.4 is 0 Å². The Bertz CT molecular complexity index is 411. The summed E-state index contributed by atoms with van der Waals surface area (Å²) in [6.07, 6.45) is 1.33. The van der Waals surface area contributed by atoms with Gasteiger partial charge in [0.25, 0.3) is 0 Å². The number of aliphatic imine (C=N–C) groups is 1. The molecule has 15 heavy (non-hydrogen) atoms. The zero-order valence-electron chi connectivity index (χ0n) is 8.60. The van der Waals surface area contributed by atoms with Crippen LogP contribution in [0.3, 0.4) is 0 Å². The maximum absolute atomic E-state index is 11.4. The van der Waals surface area contributed by atoms with Crippen LogP contribution in [0.4, 0.5) is 0 Å². The van der Waals surface area contributed by atoms with Crippen molar-refractivity contribution in [2.24, 2.45) is 4.99 Å². The summed E-state index contributed by atoms with van der Waals surface area (Å²) in [6.45, 7) is 1.88. The highest BCUT2D eigenvalue weighted by molar-refractivity contribution is 5.92. The third kappa shape index (κ3) is 1.54. The average molecular weight is 203 g/mol. The molecule has 0 spiro atoms. The van der Waals surface area contributed by atoms with Crippen molar-refractivity contribution in [2.75, 3.05) is 0 Å². The van der Waals surface area contributed by atoms with E-state index in [2.05, 4.69) is 4.99 Å². The predicted octanol–water partition coefficient (Wildman–Crippen LogP) is 2.22. The molecule has 0 saturated heterocycles. The van der Waals surface area contributed by atoms with Crippen molar-refractivity contribution in [3.8, 4) is 0 Å². The van der Waals surface area contributed by atoms with Crippen LogP contribution in [0.25, 0.3) is 0 Å². The minimum Gasteiger partial charge on any atom is -0.479 e. The number of benzene rings is 1. The first kappa shape index (κ1) is 9.90. The molecular formula is C12H13NO2. The Kier molecular flexibility index (Phi) is 2.31. The standard InChI is InChI=1S/C12H13NO2/c1-9-7-8-12(13-9,11(14)15)10-5-3-2-4-6-10/h2-6H,7-8H2,1H3,(H,14,15). The molecule has 1 aromatic carbocycles. The molecule has 1 aliphatic heterocycles. The molecule has 78 valence electrons. The van der Waals surface area contributed by atoms with Crippen molar-refractivity contribution in [1.29, 1.82) is 0 Å². The number of nitrogens with zero attached hydrogens (tertiary/aromatic N) is 1. The lowest BCUT2D eigenvalue weighted by molar-refractivity contribution is -0.143. The van der Waals surface area contributed by atoms with E-state index in [0.29, 0.717) is 6.42 Å². The average Bonchev–Trinajstić information content (AvgIpc) is 2.63. The zero-order valence-corrected chi connectivity index (χ0v) is 8.60. The van der Waals surface area contributed by atoms with E-state index >= 15 is 0 Å². The summed E-state index contributed by atoms with van der Waals surface area (Å²) >= 11 is 0. The Labute approximate surface area is 88.5 Å². The molecular weight excluding hydrogens is 190 g/mol. The van der Waals surface area contributed by atoms with Crippen molar-refractivity contribution >= 4 is 11.7 Å². The van der Waals surface area contributed by atoms with E-state index in [4.69, 9.17) is 0 Å². The van der Waals surface area contributed by atoms with Crippen molar-refractivity contribution in [3.63, 3.8) is 0 Å². The van der Waals surface area contributed by atoms with Gasteiger partial charge in [-0.1, -0.05) is 30.3 Å². The van der Waals surface area contributed by atoms with Gasteiger partial charge >= 0.3 is 5.97 Å². The van der Waals surface area contributed by atoms with Gasteiger partial charge in [-0.3, -0.25) is 4.99 Å². The minimum atomic E-state index is -1.04. The lowest BCUT2D eigenvalue weighted by Gasteiger charge is -2.21. The normalized spacial score (nSPS) is 25.0. The monoisotopic (exact) mass is 203 g/mol. The molecule has 0 fully saturated rings. The maximum atomic E-state index is 11.4. The quantitative estimate of drug-likeness (QED) is 0.801. The van der Waals surface area contributed by atoms with Crippen LogP contribution in [0.5, 0.6) is 0 Å². The Hall–Kier alpha value is -1.64. The molecule has 1 heterocycles. The third-order valence-electron chi connectivity index (χ3n) is 2.84. The number of carboxylic acids is 1. The lowest BCUT2D eigenvalue weighted by Crippen LogP contribution is -2.31. The topological polar surface area (TPSA) is 49.7 Å². The SMILES string of the molecule is CC1=NC(C(=O)O)(c2ccccc2)CC1. The van der Waals surface area contributed by atoms with Gasteiger partial charge in [0.1, 0.15) is 0 Å². The van der Waals surface area contributed by atoms with Gasteiger partial charge in [-0.25, -0.2) is 4.79 Å². The second-order valence-electron chi connectivity index (χ2n) is 3.88. The van der Waals surface area contributed by atoms with Gasteiger partial charge in [0.15, 0.2) is 5.54 Å². The highest BCUT2D eigenvalue weighted by atomic mass is 16.4. The highest BCUT2D eigenvalue weighted by Gasteiger charge is 2.42. The van der Waals surface area contributed by atoms with Crippen LogP contribution in [-0.2, 0) is 10.3 Å². The highest BCUT2D eigenvalue weighted by Crippen LogP contribution is 2.36. The molecule has 0 saturated carbocycles. The minimum absolute atomic E-state index is 0.568. The molecule has 1 aliphatic rings. The summed E-state index contributed by atoms with van der Waals surface area (Å²) in [4.78, 5) is 15.7. The van der Waals surface area contributed by atoms with Crippen LogP contribution in [0.2, 0.25) is 0 Å². The Morgan fingerprint density at radius 2 is 2.07 bits per heavy atom. The molecule has 0 aromatic heterocycles. The van der Waals surface area contributed by atoms with Gasteiger partial charge in [0.05, 0.1) is 0 Å². The van der Waals surface area contributed by atoms with E-state index in [0.717, 1.165) is 17.7 Å². The molecule has 0 amide bonds. The summed E-state index contributed by atoms with van der Waals surface area (Å²) < 4.78 is 0. The summed E-state index contributed by atoms with van der Waals surface area (Å²) in [6, 6.07) is 9.24. The number of carboxylic acid groups (broad SMARTS) is 1. The van der Waals surface area contributed by atoms with Crippen molar-refractivity contribution in [2.45, 2.75) is 25.3 Å². The second-order valence-corrected chi connectivity index (χ2v) is 3.88. The Balaban J connectivity index is 2.50. The van der Waals surface area contributed by atoms with Crippen LogP contribution >= 0.6 is 0 Å². The Morgan fingerprint density at radius 3 is 2.53 bits per heavy atom. The van der Waals surface area contributed by atoms with E-state index in [1.807, 2.05) is 37.3 Å². The molecule has 2 rings (SSSR count). The van der Waals surface area contributed by atoms with E-state index in [1.54, 1.807) is 0 Å². The van der Waals surface area contributed by atoms with Gasteiger partial charge < -0.3 is 5.11 Å². The van der Waals surface area contributed by atoms with Crippen LogP contribution in [0, 0.1) is 0 Å². The van der Waals surface area contributed by atoms with Gasteiger partial charge in [0, 0.05) is 5.71 Å². The molecule has 0 radical (unpaired) electrons. The fourth-order valence-corrected chi connectivity index (χ4v) is 2.00. The molecule has 1 atom stereocenters. The fourth-order valence-electron chi connectivity index (χ4n) is 2.00. The van der Waals surface area contributed by atoms with E-state index in [1.165, 1.54) is 0 Å². The van der Waals surface area contributed by atoms with E-state index in [9.17, 15) is 9.90 Å². The summed E-state index contributed by atoms with van der Waals surface area (Å²) in [5, 5.41) is 9.33. The fraction of sp³-hybridized carbons (Fsp3) is 0.333. The Morgan fingerprint density at radius 1 is 1.40 bits per heavy atom. The number of hydrogen-bond donors (Lipinski definition) is 1. The molecule has 1 aromatic rings. The van der Waals surface area contributed by atoms with Crippen LogP contribution in [-0.4, -0.2) is 16.8 Å². The van der Waals surface area contributed by atoms with Gasteiger partial charge in [0.2, 0.25) is 0 Å². The van der Waals surface area contributed by atoms with E-state index in [-0.39, 0.29) is 0 Å². The lowest BCUT2D eigenvalue weighted by atomic mass is 9.88. The largest absolute Gasteiger partial charge is 0.479 e. The summed E-state index contributed by atoms with van der Waals surface area (Å²) in [7, 11) is 0. The number of aliphatic carboxylic acids is 1. The predicted molar refractivity (Wildman–Crippen MR) is 58.1 cm³/mol. The van der Waals surface area contributed by atoms with Gasteiger partial charge in [-0.15, -0.1) is 0 Å². The van der Waals surface area contributed by atoms with Gasteiger partial charge in [-0.05, 0) is 25.3 Å². The first-order chi connectivity index (χ1) is 7.15. The number of carbonyl (C=O) groups is 1. The molecule has 1 N–H and O–H groups in total. The van der Waals surface area contributed by atoms with Gasteiger partial charge in [-0.2, -0.15) is 0 Å². The van der Waals surface area contributed by atoms with Crippen LogP contribution in [0.1, 0.15) is 25.3 Å². The van der Waals surface area contributed by atoms with Crippen LogP contribution in [0.15, 0.2) is 35.3 Å². The first-order valence-electron chi connectivity index (χ1n) is 4.99. The van der Waals surface area contributed by atoms with Crippen molar-refractivity contribution in [3.05, 3.63) is 35.9 Å². The zero-order chi connectivity index (χ0) is 10.9.